The zero-order valence-corrected chi connectivity index (χ0v) is 22.0. The van der Waals surface area contributed by atoms with Crippen molar-refractivity contribution in [1.29, 1.82) is 0 Å². The number of nitrogens with one attached hydrogen (secondary N) is 1. The van der Waals surface area contributed by atoms with Crippen molar-refractivity contribution >= 4 is 28.2 Å². The molecule has 0 saturated carbocycles. The average Bonchev–Trinajstić information content (AvgIpc) is 3.34. The van der Waals surface area contributed by atoms with Gasteiger partial charge < -0.3 is 29.8 Å². The van der Waals surface area contributed by atoms with E-state index < -0.39 is 0 Å². The molecule has 6 heterocycles. The molecule has 4 atom stereocenters. The maximum Gasteiger partial charge on any atom is 0.250 e. The molecule has 0 radical (unpaired) electrons. The molecule has 0 aliphatic carbocycles. The van der Waals surface area contributed by atoms with Crippen LogP contribution in [0.5, 0.6) is 0 Å². The number of fused-ring (bicyclic) bond motifs is 11. The Labute approximate surface area is 230 Å². The van der Waals surface area contributed by atoms with Crippen LogP contribution in [0.1, 0.15) is 34.9 Å². The van der Waals surface area contributed by atoms with Crippen molar-refractivity contribution in [2.24, 2.45) is 11.8 Å². The second-order valence-electron chi connectivity index (χ2n) is 11.8. The van der Waals surface area contributed by atoms with Gasteiger partial charge in [0.1, 0.15) is 0 Å². The van der Waals surface area contributed by atoms with Gasteiger partial charge in [-0.2, -0.15) is 0 Å². The van der Waals surface area contributed by atoms with Crippen molar-refractivity contribution in [1.82, 2.24) is 14.5 Å². The summed E-state index contributed by atoms with van der Waals surface area (Å²) in [5.74, 6) is 0.126. The van der Waals surface area contributed by atoms with Crippen LogP contribution < -0.4 is 15.7 Å². The van der Waals surface area contributed by atoms with Gasteiger partial charge in [-0.05, 0) is 66.6 Å². The molecule has 4 aliphatic rings. The van der Waals surface area contributed by atoms with E-state index in [0.717, 1.165) is 41.0 Å². The number of para-hydroxylation sites is 1. The van der Waals surface area contributed by atoms with E-state index in [1.165, 1.54) is 10.9 Å². The Morgan fingerprint density at radius 3 is 2.83 bits per heavy atom. The highest BCUT2D eigenvalue weighted by atomic mass is 16.8. The van der Waals surface area contributed by atoms with Crippen molar-refractivity contribution in [2.45, 2.75) is 44.3 Å². The smallest absolute Gasteiger partial charge is 0.250 e. The first-order chi connectivity index (χ1) is 19.5. The normalized spacial score (nSPS) is 24.6. The quantitative estimate of drug-likeness (QED) is 0.378. The van der Waals surface area contributed by atoms with E-state index in [4.69, 9.17) is 0 Å². The van der Waals surface area contributed by atoms with Crippen LogP contribution in [0.15, 0.2) is 65.5 Å². The number of hydrogen-bond acceptors (Lipinski definition) is 6. The number of aromatic nitrogens is 2. The van der Waals surface area contributed by atoms with E-state index in [1.54, 1.807) is 18.2 Å². The third-order valence-corrected chi connectivity index (χ3v) is 9.72. The van der Waals surface area contributed by atoms with Crippen molar-refractivity contribution in [3.8, 4) is 0 Å². The summed E-state index contributed by atoms with van der Waals surface area (Å²) in [6.45, 7) is 2.50. The highest BCUT2D eigenvalue weighted by Gasteiger charge is 2.50. The Balaban J connectivity index is 1.19. The molecule has 4 unspecified atom stereocenters. The number of piperidine rings is 1. The molecule has 8 rings (SSSR count). The molecule has 1 saturated heterocycles. The minimum Gasteiger partial charge on any atom is -0.733 e. The second kappa shape index (κ2) is 8.71. The summed E-state index contributed by atoms with van der Waals surface area (Å²) in [4.78, 5) is 35.1. The lowest BCUT2D eigenvalue weighted by molar-refractivity contribution is -0.138. The molecule has 0 spiro atoms. The summed E-state index contributed by atoms with van der Waals surface area (Å²) in [7, 11) is 0. The number of H-pyrrole nitrogens is 1. The zero-order valence-electron chi connectivity index (χ0n) is 22.0. The van der Waals surface area contributed by atoms with E-state index in [9.17, 15) is 20.0 Å². The van der Waals surface area contributed by atoms with Crippen molar-refractivity contribution in [3.63, 3.8) is 0 Å². The first kappa shape index (κ1) is 23.8. The molecule has 1 amide bonds. The lowest BCUT2D eigenvalue weighted by Gasteiger charge is -2.55. The van der Waals surface area contributed by atoms with Crippen LogP contribution in [-0.2, 0) is 30.7 Å². The molecule has 9 heteroatoms. The van der Waals surface area contributed by atoms with Crippen molar-refractivity contribution in [3.05, 3.63) is 98.7 Å². The molecule has 9 nitrogen and oxygen atoms in total. The predicted molar refractivity (Wildman–Crippen MR) is 151 cm³/mol. The van der Waals surface area contributed by atoms with Crippen LogP contribution in [0.2, 0.25) is 0 Å². The predicted octanol–water partition coefficient (Wildman–Crippen LogP) is 3.77. The Kier molecular flexibility index (Phi) is 5.18. The lowest BCUT2D eigenvalue weighted by Crippen LogP contribution is -2.61. The van der Waals surface area contributed by atoms with Gasteiger partial charge in [-0.3, -0.25) is 14.8 Å². The molecule has 2 aromatic carbocycles. The summed E-state index contributed by atoms with van der Waals surface area (Å²) in [6, 6.07) is 19.0. The highest BCUT2D eigenvalue weighted by molar-refractivity contribution is 5.87. The Bertz CT molecular complexity index is 1720. The number of benzene rings is 2. The van der Waals surface area contributed by atoms with E-state index in [1.807, 2.05) is 33.7 Å². The summed E-state index contributed by atoms with van der Waals surface area (Å²) in [5, 5.41) is 22.5. The summed E-state index contributed by atoms with van der Waals surface area (Å²) in [6.07, 6.45) is 2.24. The SMILES string of the molecule is O=C(C1Cc2cc(N([O-])O)ccc2N2CC3CC(Cn4c3cccc4=O)C12)N1CCc2c([nH]c3ccccc23)C1. The van der Waals surface area contributed by atoms with E-state index in [0.29, 0.717) is 32.6 Å². The summed E-state index contributed by atoms with van der Waals surface area (Å²) in [5.41, 5.74) is 6.64. The van der Waals surface area contributed by atoms with Gasteiger partial charge in [-0.15, -0.1) is 0 Å². The fourth-order valence-electron chi connectivity index (χ4n) is 8.06. The Hall–Kier alpha value is -4.08. The van der Waals surface area contributed by atoms with E-state index >= 15 is 0 Å². The standard InChI is InChI=1S/C31H30N5O4/c37-29-7-3-6-27-19-12-20(16-34(27)29)30-24(14-18-13-21(36(39)40)8-9-28(18)35(30)15-19)31(38)33-11-10-23-22-4-1-2-5-25(22)32-26(23)17-33/h1-9,13,19-20,24,30,32,39H,10-12,14-17H2/q-1. The van der Waals surface area contributed by atoms with Gasteiger partial charge in [0.2, 0.25) is 5.91 Å². The third-order valence-electron chi connectivity index (χ3n) is 9.72. The third kappa shape index (κ3) is 3.47. The number of amides is 1. The van der Waals surface area contributed by atoms with Gasteiger partial charge in [-0.1, -0.05) is 24.3 Å². The molecule has 2 aromatic heterocycles. The molecular formula is C31H30N5O4-. The average molecular weight is 537 g/mol. The molecule has 4 aliphatic heterocycles. The molecule has 2 N–H and O–H groups in total. The Morgan fingerprint density at radius 2 is 1.95 bits per heavy atom. The molecule has 2 bridgehead atoms. The minimum absolute atomic E-state index is 0.0187. The first-order valence-corrected chi connectivity index (χ1v) is 14.1. The van der Waals surface area contributed by atoms with Crippen LogP contribution in [-0.4, -0.2) is 44.7 Å². The fraction of sp³-hybridized carbons (Fsp3) is 0.355. The van der Waals surface area contributed by atoms with Gasteiger partial charge in [0.25, 0.3) is 5.56 Å². The number of nitrogens with zero attached hydrogens (tertiary/aromatic N) is 4. The maximum atomic E-state index is 14.4. The number of rotatable bonds is 2. The Morgan fingerprint density at radius 1 is 1.07 bits per heavy atom. The van der Waals surface area contributed by atoms with Gasteiger partial charge in [0.15, 0.2) is 0 Å². The van der Waals surface area contributed by atoms with Gasteiger partial charge in [-0.25, -0.2) is 0 Å². The second-order valence-corrected chi connectivity index (χ2v) is 11.8. The number of anilines is 2. The number of carbonyl (C=O) groups is 1. The van der Waals surface area contributed by atoms with Gasteiger partial charge >= 0.3 is 0 Å². The van der Waals surface area contributed by atoms with Crippen LogP contribution >= 0.6 is 0 Å². The van der Waals surface area contributed by atoms with Crippen molar-refractivity contribution in [2.75, 3.05) is 23.2 Å². The highest BCUT2D eigenvalue weighted by Crippen LogP contribution is 2.48. The monoisotopic (exact) mass is 536 g/mol. The van der Waals surface area contributed by atoms with Gasteiger partial charge in [0, 0.05) is 65.6 Å². The van der Waals surface area contributed by atoms with Crippen LogP contribution in [0.3, 0.4) is 0 Å². The molecule has 4 aromatic rings. The van der Waals surface area contributed by atoms with Crippen LogP contribution in [0.4, 0.5) is 11.4 Å². The number of carbonyl (C=O) groups excluding carboxylic acids is 1. The number of hydrogen-bond donors (Lipinski definition) is 2. The van der Waals surface area contributed by atoms with Gasteiger partial charge in [0.05, 0.1) is 18.2 Å². The number of aromatic amines is 1. The van der Waals surface area contributed by atoms with E-state index in [-0.39, 0.29) is 46.2 Å². The zero-order chi connectivity index (χ0) is 27.1. The topological polar surface area (TPSA) is 108 Å². The summed E-state index contributed by atoms with van der Waals surface area (Å²) >= 11 is 0. The maximum absolute atomic E-state index is 14.4. The number of pyridine rings is 1. The molecule has 40 heavy (non-hydrogen) atoms. The minimum atomic E-state index is -0.320. The largest absolute Gasteiger partial charge is 0.733 e. The lowest BCUT2D eigenvalue weighted by atomic mass is 9.69. The fourth-order valence-corrected chi connectivity index (χ4v) is 8.06. The van der Waals surface area contributed by atoms with Crippen LogP contribution in [0, 0.1) is 17.0 Å². The molecule has 204 valence electrons. The van der Waals surface area contributed by atoms with Crippen molar-refractivity contribution < 1.29 is 10.0 Å². The molecular weight excluding hydrogens is 506 g/mol. The van der Waals surface area contributed by atoms with Crippen LogP contribution in [0.25, 0.3) is 10.9 Å². The molecule has 1 fully saturated rings. The summed E-state index contributed by atoms with van der Waals surface area (Å²) < 4.78 is 1.91. The first-order valence-electron chi connectivity index (χ1n) is 14.1. The van der Waals surface area contributed by atoms with E-state index in [2.05, 4.69) is 28.1 Å².